The molecule has 0 radical (unpaired) electrons. The molecular weight excluding hydrogens is 481 g/mol. The molecule has 1 amide bonds. The highest BCUT2D eigenvalue weighted by molar-refractivity contribution is 6.33. The Morgan fingerprint density at radius 1 is 1.18 bits per heavy atom. The minimum atomic E-state index is -4.88. The standard InChI is InChI=1S/C22H18ClF3N2O6/c1-10(21(32)33)27-19(30)8-14-11(2)28(17-9-16(23)18(29)7-15(14)17)20(31)12-3-5-13(6-4-12)34-22(24,25)26/h3-7,9-10,29H,8H2,1-2H3,(H,27,30)(H,32,33). The van der Waals surface area contributed by atoms with Crippen LogP contribution in [-0.2, 0) is 16.0 Å². The summed E-state index contributed by atoms with van der Waals surface area (Å²) in [5.74, 6) is -3.30. The predicted molar refractivity (Wildman–Crippen MR) is 115 cm³/mol. The van der Waals surface area contributed by atoms with Gasteiger partial charge in [-0.1, -0.05) is 11.6 Å². The van der Waals surface area contributed by atoms with Crippen molar-refractivity contribution in [2.45, 2.75) is 32.7 Å². The minimum absolute atomic E-state index is 0.0224. The number of nitrogens with zero attached hydrogens (tertiary/aromatic N) is 1. The van der Waals surface area contributed by atoms with Gasteiger partial charge in [0.15, 0.2) is 0 Å². The van der Waals surface area contributed by atoms with Gasteiger partial charge in [0.2, 0.25) is 5.91 Å². The fraction of sp³-hybridized carbons (Fsp3) is 0.227. The Kier molecular flexibility index (Phi) is 6.78. The molecule has 0 bridgehead atoms. The topological polar surface area (TPSA) is 118 Å². The average Bonchev–Trinajstić information content (AvgIpc) is 2.98. The fourth-order valence-corrected chi connectivity index (χ4v) is 3.57. The average molecular weight is 499 g/mol. The van der Waals surface area contributed by atoms with Crippen molar-refractivity contribution in [3.8, 4) is 11.5 Å². The van der Waals surface area contributed by atoms with Gasteiger partial charge in [0.05, 0.1) is 17.0 Å². The number of aliphatic carboxylic acids is 1. The summed E-state index contributed by atoms with van der Waals surface area (Å²) in [5.41, 5.74) is 0.905. The van der Waals surface area contributed by atoms with E-state index in [1.54, 1.807) is 0 Å². The van der Waals surface area contributed by atoms with Crippen molar-refractivity contribution in [3.63, 3.8) is 0 Å². The molecule has 180 valence electrons. The maximum atomic E-state index is 13.3. The van der Waals surface area contributed by atoms with Crippen LogP contribution in [0.25, 0.3) is 10.9 Å². The molecule has 0 saturated carbocycles. The van der Waals surface area contributed by atoms with Crippen molar-refractivity contribution >= 4 is 40.3 Å². The second-order valence-electron chi connectivity index (χ2n) is 7.40. The van der Waals surface area contributed by atoms with Crippen LogP contribution in [0, 0.1) is 6.92 Å². The quantitative estimate of drug-likeness (QED) is 0.472. The summed E-state index contributed by atoms with van der Waals surface area (Å²) in [6, 6.07) is 5.72. The van der Waals surface area contributed by atoms with Crippen molar-refractivity contribution < 1.29 is 42.5 Å². The SMILES string of the molecule is Cc1c(CC(=O)NC(C)C(=O)O)c2cc(O)c(Cl)cc2n1C(=O)c1ccc(OC(F)(F)F)cc1. The first-order chi connectivity index (χ1) is 15.8. The van der Waals surface area contributed by atoms with E-state index in [4.69, 9.17) is 16.7 Å². The zero-order chi connectivity index (χ0) is 25.4. The van der Waals surface area contributed by atoms with E-state index in [0.717, 1.165) is 24.3 Å². The Labute approximate surface area is 195 Å². The van der Waals surface area contributed by atoms with Crippen LogP contribution in [0.5, 0.6) is 11.5 Å². The number of aromatic hydroxyl groups is 1. The molecule has 1 aromatic heterocycles. The number of carbonyl (C=O) groups is 3. The largest absolute Gasteiger partial charge is 0.573 e. The van der Waals surface area contributed by atoms with Gasteiger partial charge >= 0.3 is 12.3 Å². The summed E-state index contributed by atoms with van der Waals surface area (Å²) < 4.78 is 42.2. The smallest absolute Gasteiger partial charge is 0.506 e. The van der Waals surface area contributed by atoms with Crippen LogP contribution in [0.15, 0.2) is 36.4 Å². The Bertz CT molecular complexity index is 1280. The van der Waals surface area contributed by atoms with Crippen molar-refractivity contribution in [1.29, 1.82) is 0 Å². The van der Waals surface area contributed by atoms with Crippen molar-refractivity contribution in [2.24, 2.45) is 0 Å². The van der Waals surface area contributed by atoms with Crippen molar-refractivity contribution in [3.05, 3.63) is 58.2 Å². The van der Waals surface area contributed by atoms with E-state index in [1.165, 1.54) is 30.5 Å². The van der Waals surface area contributed by atoms with Gasteiger partial charge in [0.25, 0.3) is 5.91 Å². The Morgan fingerprint density at radius 2 is 1.79 bits per heavy atom. The third-order valence-corrected chi connectivity index (χ3v) is 5.33. The highest BCUT2D eigenvalue weighted by atomic mass is 35.5. The van der Waals surface area contributed by atoms with Gasteiger partial charge in [-0.2, -0.15) is 0 Å². The number of amides is 1. The summed E-state index contributed by atoms with van der Waals surface area (Å²) in [6.07, 6.45) is -5.19. The van der Waals surface area contributed by atoms with Crippen LogP contribution in [0.3, 0.4) is 0 Å². The molecule has 2 aromatic carbocycles. The highest BCUT2D eigenvalue weighted by Gasteiger charge is 2.31. The van der Waals surface area contributed by atoms with Crippen molar-refractivity contribution in [2.75, 3.05) is 0 Å². The number of aromatic nitrogens is 1. The second kappa shape index (κ2) is 9.26. The number of carboxylic acid groups (broad SMARTS) is 1. The third kappa shape index (κ3) is 5.25. The Balaban J connectivity index is 2.04. The van der Waals surface area contributed by atoms with Crippen LogP contribution in [0.1, 0.15) is 28.5 Å². The molecule has 0 aliphatic rings. The number of benzene rings is 2. The maximum Gasteiger partial charge on any atom is 0.573 e. The highest BCUT2D eigenvalue weighted by Crippen LogP contribution is 2.35. The number of carbonyl (C=O) groups excluding carboxylic acids is 2. The number of carboxylic acids is 1. The van der Waals surface area contributed by atoms with E-state index in [0.29, 0.717) is 16.6 Å². The zero-order valence-corrected chi connectivity index (χ0v) is 18.5. The number of fused-ring (bicyclic) bond motifs is 1. The van der Waals surface area contributed by atoms with E-state index in [9.17, 15) is 32.7 Å². The summed E-state index contributed by atoms with van der Waals surface area (Å²) in [5, 5.41) is 21.6. The lowest BCUT2D eigenvalue weighted by Crippen LogP contribution is -2.39. The molecule has 0 aliphatic carbocycles. The molecule has 12 heteroatoms. The second-order valence-corrected chi connectivity index (χ2v) is 7.81. The molecule has 0 fully saturated rings. The van der Waals surface area contributed by atoms with E-state index in [-0.39, 0.29) is 28.3 Å². The number of phenolic OH excluding ortho intramolecular Hbond substituents is 1. The molecule has 0 saturated heterocycles. The number of hydrogen-bond acceptors (Lipinski definition) is 5. The van der Waals surface area contributed by atoms with Crippen LogP contribution < -0.4 is 10.1 Å². The first kappa shape index (κ1) is 24.9. The lowest BCUT2D eigenvalue weighted by Gasteiger charge is -2.11. The molecule has 3 N–H and O–H groups in total. The molecule has 8 nitrogen and oxygen atoms in total. The predicted octanol–water partition coefficient (Wildman–Crippen LogP) is 4.03. The first-order valence-corrected chi connectivity index (χ1v) is 10.1. The third-order valence-electron chi connectivity index (χ3n) is 5.03. The maximum absolute atomic E-state index is 13.3. The summed E-state index contributed by atoms with van der Waals surface area (Å²) in [4.78, 5) is 36.7. The van der Waals surface area contributed by atoms with E-state index in [2.05, 4.69) is 10.1 Å². The monoisotopic (exact) mass is 498 g/mol. The van der Waals surface area contributed by atoms with Gasteiger partial charge in [-0.25, -0.2) is 0 Å². The molecule has 3 rings (SSSR count). The number of rotatable bonds is 6. The summed E-state index contributed by atoms with van der Waals surface area (Å²) in [6.45, 7) is 2.82. The van der Waals surface area contributed by atoms with Gasteiger partial charge in [0.1, 0.15) is 17.5 Å². The number of hydrogen-bond donors (Lipinski definition) is 3. The van der Waals surface area contributed by atoms with Crippen LogP contribution in [-0.4, -0.2) is 45.0 Å². The normalized spacial score (nSPS) is 12.4. The molecule has 0 aliphatic heterocycles. The number of halogens is 4. The first-order valence-electron chi connectivity index (χ1n) is 9.73. The van der Waals surface area contributed by atoms with Crippen molar-refractivity contribution in [1.82, 2.24) is 9.88 Å². The molecule has 0 spiro atoms. The zero-order valence-electron chi connectivity index (χ0n) is 17.7. The van der Waals surface area contributed by atoms with E-state index < -0.39 is 35.9 Å². The van der Waals surface area contributed by atoms with Crippen LogP contribution >= 0.6 is 11.6 Å². The molecule has 34 heavy (non-hydrogen) atoms. The molecule has 3 aromatic rings. The summed E-state index contributed by atoms with van der Waals surface area (Å²) in [7, 11) is 0. The van der Waals surface area contributed by atoms with Gasteiger partial charge in [-0.05, 0) is 55.8 Å². The number of phenols is 1. The van der Waals surface area contributed by atoms with Crippen LogP contribution in [0.4, 0.5) is 13.2 Å². The van der Waals surface area contributed by atoms with Gasteiger partial charge in [-0.3, -0.25) is 19.0 Å². The number of ether oxygens (including phenoxy) is 1. The number of alkyl halides is 3. The molecule has 1 atom stereocenters. The van der Waals surface area contributed by atoms with Gasteiger partial charge in [0, 0.05) is 16.6 Å². The lowest BCUT2D eigenvalue weighted by atomic mass is 10.1. The van der Waals surface area contributed by atoms with Gasteiger partial charge in [-0.15, -0.1) is 13.2 Å². The fourth-order valence-electron chi connectivity index (χ4n) is 3.42. The molecular formula is C22H18ClF3N2O6. The van der Waals surface area contributed by atoms with Crippen LogP contribution in [0.2, 0.25) is 5.02 Å². The van der Waals surface area contributed by atoms with Gasteiger partial charge < -0.3 is 20.3 Å². The summed E-state index contributed by atoms with van der Waals surface area (Å²) >= 11 is 6.02. The number of nitrogens with one attached hydrogen (secondary N) is 1. The van der Waals surface area contributed by atoms with E-state index in [1.807, 2.05) is 0 Å². The Morgan fingerprint density at radius 3 is 2.35 bits per heavy atom. The molecule has 1 unspecified atom stereocenters. The van der Waals surface area contributed by atoms with E-state index >= 15 is 0 Å². The lowest BCUT2D eigenvalue weighted by molar-refractivity contribution is -0.274. The minimum Gasteiger partial charge on any atom is -0.506 e. The molecule has 1 heterocycles. The Hall–Kier alpha value is -3.73.